The summed E-state index contributed by atoms with van der Waals surface area (Å²) in [5.74, 6) is -0.00422. The Balaban J connectivity index is 1.29. The first kappa shape index (κ1) is 25.3. The van der Waals surface area contributed by atoms with Gasteiger partial charge >= 0.3 is 0 Å². The van der Waals surface area contributed by atoms with E-state index in [2.05, 4.69) is 20.5 Å². The molecule has 0 saturated carbocycles. The number of nitrogens with one attached hydrogen (secondary N) is 1. The van der Waals surface area contributed by atoms with Crippen molar-refractivity contribution in [3.05, 3.63) is 83.9 Å². The number of hydrogen-bond acceptors (Lipinski definition) is 7. The Morgan fingerprint density at radius 3 is 2.82 bits per heavy atom. The molecule has 0 saturated heterocycles. The van der Waals surface area contributed by atoms with E-state index in [9.17, 15) is 9.18 Å². The lowest BCUT2D eigenvalue weighted by atomic mass is 10.1. The number of nitrogens with zero attached hydrogens (tertiary/aromatic N) is 5. The maximum absolute atomic E-state index is 15.0. The highest BCUT2D eigenvalue weighted by Gasteiger charge is 2.24. The summed E-state index contributed by atoms with van der Waals surface area (Å²) >= 11 is 0. The zero-order chi connectivity index (χ0) is 26.5. The summed E-state index contributed by atoms with van der Waals surface area (Å²) in [5.41, 5.74) is 2.20. The first-order valence-electron chi connectivity index (χ1n) is 12.5. The van der Waals surface area contributed by atoms with E-state index in [0.717, 1.165) is 5.56 Å². The summed E-state index contributed by atoms with van der Waals surface area (Å²) < 4.78 is 28.4. The second-order valence-electron chi connectivity index (χ2n) is 9.19. The molecule has 0 bridgehead atoms. The van der Waals surface area contributed by atoms with Gasteiger partial charge in [0.25, 0.3) is 5.91 Å². The zero-order valence-corrected chi connectivity index (χ0v) is 21.3. The molecule has 0 fully saturated rings. The lowest BCUT2D eigenvalue weighted by Crippen LogP contribution is -2.35. The molecule has 0 spiro atoms. The second kappa shape index (κ2) is 11.4. The van der Waals surface area contributed by atoms with Gasteiger partial charge in [0.15, 0.2) is 5.82 Å². The number of ether oxygens (including phenoxy) is 2. The van der Waals surface area contributed by atoms with Gasteiger partial charge in [0.1, 0.15) is 36.0 Å². The van der Waals surface area contributed by atoms with Crippen LogP contribution in [0.15, 0.2) is 67.0 Å². The Bertz CT molecular complexity index is 1410. The number of fused-ring (bicyclic) bond motifs is 1. The van der Waals surface area contributed by atoms with Crippen LogP contribution in [0.3, 0.4) is 0 Å². The first-order valence-corrected chi connectivity index (χ1v) is 12.5. The van der Waals surface area contributed by atoms with Crippen molar-refractivity contribution in [2.45, 2.75) is 26.5 Å². The fourth-order valence-corrected chi connectivity index (χ4v) is 4.25. The van der Waals surface area contributed by atoms with Crippen LogP contribution in [0.1, 0.15) is 35.8 Å². The SMILES string of the molecule is CC(C)n1cnnc1-c1cccc(NC(=O)c2cc3c(cc2F)OCCN3CCOCc2ccccc2)n1. The minimum Gasteiger partial charge on any atom is -0.489 e. The number of carbonyl (C=O) groups is 1. The van der Waals surface area contributed by atoms with Crippen LogP contribution < -0.4 is 15.0 Å². The Labute approximate surface area is 220 Å². The third kappa shape index (κ3) is 5.65. The van der Waals surface area contributed by atoms with E-state index in [1.54, 1.807) is 24.5 Å². The quantitative estimate of drug-likeness (QED) is 0.322. The molecule has 0 atom stereocenters. The van der Waals surface area contributed by atoms with Crippen molar-refractivity contribution in [3.63, 3.8) is 0 Å². The molecule has 10 heteroatoms. The molecule has 2 aromatic carbocycles. The Hall–Kier alpha value is -4.31. The molecule has 0 unspecified atom stereocenters. The number of halogens is 1. The molecule has 1 aliphatic heterocycles. The molecule has 3 heterocycles. The summed E-state index contributed by atoms with van der Waals surface area (Å²) in [6.07, 6.45) is 1.63. The molecule has 0 radical (unpaired) electrons. The number of anilines is 2. The smallest absolute Gasteiger partial charge is 0.259 e. The minimum atomic E-state index is -0.667. The third-order valence-electron chi connectivity index (χ3n) is 6.22. The van der Waals surface area contributed by atoms with Crippen LogP contribution in [0.25, 0.3) is 11.5 Å². The van der Waals surface area contributed by atoms with Crippen molar-refractivity contribution >= 4 is 17.4 Å². The lowest BCUT2D eigenvalue weighted by molar-refractivity contribution is 0.102. The van der Waals surface area contributed by atoms with Gasteiger partial charge in [-0.1, -0.05) is 36.4 Å². The van der Waals surface area contributed by atoms with Gasteiger partial charge in [-0.15, -0.1) is 10.2 Å². The predicted octanol–water partition coefficient (Wildman–Crippen LogP) is 4.73. The summed E-state index contributed by atoms with van der Waals surface area (Å²) in [6.45, 7) is 6.62. The summed E-state index contributed by atoms with van der Waals surface area (Å²) in [5, 5.41) is 10.8. The van der Waals surface area contributed by atoms with Crippen LogP contribution >= 0.6 is 0 Å². The molecule has 1 N–H and O–H groups in total. The lowest BCUT2D eigenvalue weighted by Gasteiger charge is -2.31. The minimum absolute atomic E-state index is 0.0954. The van der Waals surface area contributed by atoms with Gasteiger partial charge in [-0.05, 0) is 37.6 Å². The number of amides is 1. The van der Waals surface area contributed by atoms with Crippen molar-refractivity contribution in [1.29, 1.82) is 0 Å². The van der Waals surface area contributed by atoms with Crippen LogP contribution in [0.2, 0.25) is 0 Å². The van der Waals surface area contributed by atoms with E-state index in [0.29, 0.717) is 55.9 Å². The average Bonchev–Trinajstić information content (AvgIpc) is 3.42. The third-order valence-corrected chi connectivity index (χ3v) is 6.22. The highest BCUT2D eigenvalue weighted by atomic mass is 19.1. The zero-order valence-electron chi connectivity index (χ0n) is 21.3. The molecule has 4 aromatic rings. The monoisotopic (exact) mass is 516 g/mol. The summed E-state index contributed by atoms with van der Waals surface area (Å²) in [4.78, 5) is 19.6. The fraction of sp³-hybridized carbons (Fsp3) is 0.286. The van der Waals surface area contributed by atoms with Crippen LogP contribution in [-0.2, 0) is 11.3 Å². The predicted molar refractivity (Wildman–Crippen MR) is 142 cm³/mol. The van der Waals surface area contributed by atoms with E-state index >= 15 is 0 Å². The van der Waals surface area contributed by atoms with Gasteiger partial charge in [0.2, 0.25) is 0 Å². The van der Waals surface area contributed by atoms with E-state index in [4.69, 9.17) is 9.47 Å². The van der Waals surface area contributed by atoms with E-state index in [1.165, 1.54) is 12.1 Å². The van der Waals surface area contributed by atoms with E-state index in [1.807, 2.05) is 53.6 Å². The molecule has 5 rings (SSSR count). The number of carbonyl (C=O) groups excluding carboxylic acids is 1. The fourth-order valence-electron chi connectivity index (χ4n) is 4.25. The van der Waals surface area contributed by atoms with Crippen molar-refractivity contribution in [2.75, 3.05) is 36.5 Å². The maximum atomic E-state index is 15.0. The molecular weight excluding hydrogens is 487 g/mol. The number of aromatic nitrogens is 4. The second-order valence-corrected chi connectivity index (χ2v) is 9.19. The largest absolute Gasteiger partial charge is 0.489 e. The summed E-state index contributed by atoms with van der Waals surface area (Å²) in [6, 6.07) is 18.0. The molecule has 1 amide bonds. The Morgan fingerprint density at radius 1 is 1.16 bits per heavy atom. The molecule has 0 aliphatic carbocycles. The molecular formula is C28H29FN6O3. The molecule has 1 aliphatic rings. The number of rotatable bonds is 9. The van der Waals surface area contributed by atoms with Gasteiger partial charge in [-0.25, -0.2) is 9.37 Å². The first-order chi connectivity index (χ1) is 18.5. The van der Waals surface area contributed by atoms with Crippen molar-refractivity contribution in [3.8, 4) is 17.3 Å². The van der Waals surface area contributed by atoms with Gasteiger partial charge in [0.05, 0.1) is 31.0 Å². The molecule has 38 heavy (non-hydrogen) atoms. The van der Waals surface area contributed by atoms with Crippen molar-refractivity contribution < 1.29 is 18.7 Å². The number of benzene rings is 2. The van der Waals surface area contributed by atoms with Crippen molar-refractivity contribution in [2.24, 2.45) is 0 Å². The van der Waals surface area contributed by atoms with Crippen LogP contribution in [0.4, 0.5) is 15.9 Å². The van der Waals surface area contributed by atoms with E-state index < -0.39 is 11.7 Å². The Morgan fingerprint density at radius 2 is 2.00 bits per heavy atom. The van der Waals surface area contributed by atoms with Crippen molar-refractivity contribution in [1.82, 2.24) is 19.7 Å². The topological polar surface area (TPSA) is 94.4 Å². The molecule has 196 valence electrons. The standard InChI is InChI=1S/C28H29FN6O3/c1-19(2)35-18-30-33-27(35)23-9-6-10-26(31-23)32-28(36)21-15-24-25(16-22(21)29)38-14-12-34(24)11-13-37-17-20-7-4-3-5-8-20/h3-10,15-16,18-19H,11-14,17H2,1-2H3,(H,31,32,36). The van der Waals surface area contributed by atoms with Gasteiger partial charge in [-0.3, -0.25) is 4.79 Å². The van der Waals surface area contributed by atoms with Gasteiger partial charge in [0, 0.05) is 18.7 Å². The van der Waals surface area contributed by atoms with E-state index in [-0.39, 0.29) is 17.4 Å². The highest BCUT2D eigenvalue weighted by molar-refractivity contribution is 6.05. The normalized spacial score (nSPS) is 12.8. The van der Waals surface area contributed by atoms with Gasteiger partial charge < -0.3 is 24.3 Å². The maximum Gasteiger partial charge on any atom is 0.259 e. The average molecular weight is 517 g/mol. The van der Waals surface area contributed by atoms with Crippen LogP contribution in [0.5, 0.6) is 5.75 Å². The van der Waals surface area contributed by atoms with Gasteiger partial charge in [-0.2, -0.15) is 0 Å². The van der Waals surface area contributed by atoms with Crippen LogP contribution in [0, 0.1) is 5.82 Å². The van der Waals surface area contributed by atoms with Crippen LogP contribution in [-0.4, -0.2) is 52.0 Å². The highest BCUT2D eigenvalue weighted by Crippen LogP contribution is 2.34. The Kier molecular flexibility index (Phi) is 7.60. The number of hydrogen-bond donors (Lipinski definition) is 1. The summed E-state index contributed by atoms with van der Waals surface area (Å²) in [7, 11) is 0. The molecule has 9 nitrogen and oxygen atoms in total. The number of pyridine rings is 1. The molecule has 2 aromatic heterocycles.